The number of benzene rings is 1. The normalized spacial score (nSPS) is 10.8. The summed E-state index contributed by atoms with van der Waals surface area (Å²) in [5.41, 5.74) is 1.09. The van der Waals surface area contributed by atoms with Crippen LogP contribution >= 0.6 is 15.9 Å². The average molecular weight is 302 g/mol. The molecule has 0 aliphatic carbocycles. The van der Waals surface area contributed by atoms with Crippen LogP contribution in [0, 0.1) is 0 Å². The molecule has 0 aliphatic heterocycles. The van der Waals surface area contributed by atoms with Crippen LogP contribution in [0.25, 0.3) is 0 Å². The molecule has 0 saturated heterocycles. The molecule has 0 radical (unpaired) electrons. The Bertz CT molecular complexity index is 318. The molecule has 0 bridgehead atoms. The second-order valence-corrected chi connectivity index (χ2v) is 4.79. The van der Waals surface area contributed by atoms with Gasteiger partial charge in [0.1, 0.15) is 0 Å². The third-order valence-corrected chi connectivity index (χ3v) is 2.81. The molecule has 1 aromatic carbocycles. The maximum absolute atomic E-state index is 5.44. The van der Waals surface area contributed by atoms with E-state index in [2.05, 4.69) is 21.2 Å². The molecule has 0 unspecified atom stereocenters. The molecule has 0 amide bonds. The third kappa shape index (κ3) is 6.66. The van der Waals surface area contributed by atoms with Crippen LogP contribution in [0.2, 0.25) is 0 Å². The molecule has 17 heavy (non-hydrogen) atoms. The van der Waals surface area contributed by atoms with E-state index in [9.17, 15) is 0 Å². The molecular weight excluding hydrogens is 282 g/mol. The predicted molar refractivity (Wildman–Crippen MR) is 74.5 cm³/mol. The fourth-order valence-corrected chi connectivity index (χ4v) is 1.73. The van der Waals surface area contributed by atoms with Gasteiger partial charge in [-0.3, -0.25) is 0 Å². The molecule has 1 aromatic rings. The predicted octanol–water partition coefficient (Wildman–Crippen LogP) is 3.30. The maximum atomic E-state index is 5.44. The van der Waals surface area contributed by atoms with Gasteiger partial charge < -0.3 is 14.8 Å². The monoisotopic (exact) mass is 301 g/mol. The minimum absolute atomic E-state index is 0.275. The molecule has 0 aromatic heterocycles. The number of para-hydroxylation sites is 1. The molecule has 1 rings (SSSR count). The summed E-state index contributed by atoms with van der Waals surface area (Å²) in [6.07, 6.45) is 0.275. The standard InChI is InChI=1S/C13H20BrNO2/c1-11(2)17-10-9-16-8-7-15-13-6-4-3-5-12(13)14/h3-6,11,15H,7-10H2,1-2H3. The van der Waals surface area contributed by atoms with Crippen molar-refractivity contribution in [3.8, 4) is 0 Å². The zero-order chi connectivity index (χ0) is 12.5. The number of halogens is 1. The minimum atomic E-state index is 0.275. The van der Waals surface area contributed by atoms with Crippen molar-refractivity contribution < 1.29 is 9.47 Å². The number of hydrogen-bond donors (Lipinski definition) is 1. The fraction of sp³-hybridized carbons (Fsp3) is 0.538. The number of hydrogen-bond acceptors (Lipinski definition) is 3. The third-order valence-electron chi connectivity index (χ3n) is 2.11. The van der Waals surface area contributed by atoms with Crippen LogP contribution in [-0.2, 0) is 9.47 Å². The Labute approximate surface area is 112 Å². The quantitative estimate of drug-likeness (QED) is 0.747. The summed E-state index contributed by atoms with van der Waals surface area (Å²) in [6.45, 7) is 6.83. The number of nitrogens with one attached hydrogen (secondary N) is 1. The summed E-state index contributed by atoms with van der Waals surface area (Å²) in [5.74, 6) is 0. The van der Waals surface area contributed by atoms with Gasteiger partial charge >= 0.3 is 0 Å². The Hall–Kier alpha value is -0.580. The van der Waals surface area contributed by atoms with Gasteiger partial charge in [0.2, 0.25) is 0 Å². The first kappa shape index (κ1) is 14.5. The van der Waals surface area contributed by atoms with E-state index in [-0.39, 0.29) is 6.10 Å². The maximum Gasteiger partial charge on any atom is 0.0703 e. The van der Waals surface area contributed by atoms with Crippen molar-refractivity contribution in [3.63, 3.8) is 0 Å². The summed E-state index contributed by atoms with van der Waals surface area (Å²) >= 11 is 3.48. The SMILES string of the molecule is CC(C)OCCOCCNc1ccccc1Br. The lowest BCUT2D eigenvalue weighted by atomic mass is 10.3. The van der Waals surface area contributed by atoms with Crippen molar-refractivity contribution in [2.75, 3.05) is 31.7 Å². The molecule has 0 heterocycles. The largest absolute Gasteiger partial charge is 0.382 e. The topological polar surface area (TPSA) is 30.5 Å². The van der Waals surface area contributed by atoms with Crippen molar-refractivity contribution >= 4 is 21.6 Å². The van der Waals surface area contributed by atoms with Gasteiger partial charge in [0, 0.05) is 16.7 Å². The summed E-state index contributed by atoms with van der Waals surface area (Å²) in [6, 6.07) is 8.05. The number of anilines is 1. The van der Waals surface area contributed by atoms with Crippen LogP contribution in [0.4, 0.5) is 5.69 Å². The number of ether oxygens (including phenoxy) is 2. The summed E-state index contributed by atoms with van der Waals surface area (Å²) < 4.78 is 11.9. The highest BCUT2D eigenvalue weighted by Gasteiger charge is 1.97. The molecule has 0 aliphatic rings. The smallest absolute Gasteiger partial charge is 0.0703 e. The Balaban J connectivity index is 2.03. The Morgan fingerprint density at radius 2 is 1.94 bits per heavy atom. The van der Waals surface area contributed by atoms with Crippen molar-refractivity contribution in [1.29, 1.82) is 0 Å². The average Bonchev–Trinajstić information content (AvgIpc) is 2.30. The Kier molecular flexibility index (Phi) is 7.24. The molecule has 0 spiro atoms. The lowest BCUT2D eigenvalue weighted by Gasteiger charge is -2.10. The first-order valence-corrected chi connectivity index (χ1v) is 6.67. The molecule has 4 heteroatoms. The molecule has 1 N–H and O–H groups in total. The molecule has 3 nitrogen and oxygen atoms in total. The molecule has 0 fully saturated rings. The van der Waals surface area contributed by atoms with Crippen LogP contribution in [0.15, 0.2) is 28.7 Å². The van der Waals surface area contributed by atoms with Gasteiger partial charge in [-0.2, -0.15) is 0 Å². The van der Waals surface area contributed by atoms with Crippen LogP contribution in [0.3, 0.4) is 0 Å². The van der Waals surface area contributed by atoms with Gasteiger partial charge in [0.15, 0.2) is 0 Å². The second-order valence-electron chi connectivity index (χ2n) is 3.94. The van der Waals surface area contributed by atoms with E-state index in [0.29, 0.717) is 19.8 Å². The summed E-state index contributed by atoms with van der Waals surface area (Å²) in [4.78, 5) is 0. The zero-order valence-corrected chi connectivity index (χ0v) is 12.0. The van der Waals surface area contributed by atoms with E-state index < -0.39 is 0 Å². The molecule has 0 atom stereocenters. The first-order valence-electron chi connectivity index (χ1n) is 5.88. The van der Waals surface area contributed by atoms with Crippen LogP contribution in [0.1, 0.15) is 13.8 Å². The number of rotatable bonds is 8. The van der Waals surface area contributed by atoms with E-state index in [1.54, 1.807) is 0 Å². The summed E-state index contributed by atoms with van der Waals surface area (Å²) in [7, 11) is 0. The van der Waals surface area contributed by atoms with Gasteiger partial charge in [-0.15, -0.1) is 0 Å². The van der Waals surface area contributed by atoms with Gasteiger partial charge in [0.05, 0.1) is 25.9 Å². The summed E-state index contributed by atoms with van der Waals surface area (Å²) in [5, 5.41) is 3.30. The van der Waals surface area contributed by atoms with E-state index in [0.717, 1.165) is 16.7 Å². The van der Waals surface area contributed by atoms with Crippen molar-refractivity contribution in [2.45, 2.75) is 20.0 Å². The molecular formula is C13H20BrNO2. The van der Waals surface area contributed by atoms with Crippen LogP contribution in [0.5, 0.6) is 0 Å². The Morgan fingerprint density at radius 3 is 2.65 bits per heavy atom. The van der Waals surface area contributed by atoms with Crippen molar-refractivity contribution in [1.82, 2.24) is 0 Å². The van der Waals surface area contributed by atoms with Gasteiger partial charge in [-0.25, -0.2) is 0 Å². The van der Waals surface area contributed by atoms with Crippen molar-refractivity contribution in [2.24, 2.45) is 0 Å². The second kappa shape index (κ2) is 8.50. The highest BCUT2D eigenvalue weighted by atomic mass is 79.9. The lowest BCUT2D eigenvalue weighted by molar-refractivity contribution is 0.0222. The zero-order valence-electron chi connectivity index (χ0n) is 10.4. The van der Waals surface area contributed by atoms with Crippen molar-refractivity contribution in [3.05, 3.63) is 28.7 Å². The van der Waals surface area contributed by atoms with E-state index in [1.807, 2.05) is 38.1 Å². The fourth-order valence-electron chi connectivity index (χ4n) is 1.31. The van der Waals surface area contributed by atoms with Gasteiger partial charge in [-0.05, 0) is 41.9 Å². The lowest BCUT2D eigenvalue weighted by Crippen LogP contribution is -2.14. The van der Waals surface area contributed by atoms with Crippen LogP contribution in [-0.4, -0.2) is 32.5 Å². The minimum Gasteiger partial charge on any atom is -0.382 e. The molecule has 0 saturated carbocycles. The van der Waals surface area contributed by atoms with Crippen LogP contribution < -0.4 is 5.32 Å². The van der Waals surface area contributed by atoms with E-state index >= 15 is 0 Å². The van der Waals surface area contributed by atoms with Gasteiger partial charge in [0.25, 0.3) is 0 Å². The van der Waals surface area contributed by atoms with Gasteiger partial charge in [-0.1, -0.05) is 12.1 Å². The Morgan fingerprint density at radius 1 is 1.18 bits per heavy atom. The molecule has 96 valence electrons. The van der Waals surface area contributed by atoms with E-state index in [4.69, 9.17) is 9.47 Å². The highest BCUT2D eigenvalue weighted by molar-refractivity contribution is 9.10. The first-order chi connectivity index (χ1) is 8.20. The van der Waals surface area contributed by atoms with E-state index in [1.165, 1.54) is 0 Å². The highest BCUT2D eigenvalue weighted by Crippen LogP contribution is 2.20.